The number of amides is 1. The molecule has 0 aliphatic carbocycles. The molecule has 5 heterocycles. The largest absolute Gasteiger partial charge is 0.476 e. The van der Waals surface area contributed by atoms with E-state index >= 15 is 0 Å². The molecule has 3 unspecified atom stereocenters. The van der Waals surface area contributed by atoms with Gasteiger partial charge in [-0.15, -0.1) is 0 Å². The summed E-state index contributed by atoms with van der Waals surface area (Å²) in [7, 11) is 0. The van der Waals surface area contributed by atoms with Crippen molar-refractivity contribution >= 4 is 5.91 Å². The van der Waals surface area contributed by atoms with Crippen LogP contribution in [0.2, 0.25) is 0 Å². The first-order chi connectivity index (χ1) is 13.2. The number of carbonyl (C=O) groups is 1. The predicted molar refractivity (Wildman–Crippen MR) is 102 cm³/mol. The van der Waals surface area contributed by atoms with E-state index in [1.165, 1.54) is 5.56 Å². The van der Waals surface area contributed by atoms with Crippen LogP contribution in [0.3, 0.4) is 0 Å². The van der Waals surface area contributed by atoms with Crippen molar-refractivity contribution in [2.24, 2.45) is 17.6 Å². The Labute approximate surface area is 159 Å². The summed E-state index contributed by atoms with van der Waals surface area (Å²) >= 11 is 0. The van der Waals surface area contributed by atoms with Gasteiger partial charge in [0.1, 0.15) is 5.75 Å². The number of nitrogens with zero attached hydrogens (tertiary/aromatic N) is 2. The first-order valence-corrected chi connectivity index (χ1v) is 9.87. The van der Waals surface area contributed by atoms with E-state index in [1.54, 1.807) is 6.20 Å². The fourth-order valence-corrected chi connectivity index (χ4v) is 5.61. The minimum absolute atomic E-state index is 0.102. The van der Waals surface area contributed by atoms with E-state index in [4.69, 9.17) is 10.5 Å². The summed E-state index contributed by atoms with van der Waals surface area (Å²) in [6, 6.07) is 12.3. The molecule has 1 amide bonds. The van der Waals surface area contributed by atoms with Gasteiger partial charge in [0.15, 0.2) is 5.60 Å². The predicted octanol–water partition coefficient (Wildman–Crippen LogP) is 2.19. The van der Waals surface area contributed by atoms with Crippen molar-refractivity contribution in [3.05, 3.63) is 59.9 Å². The number of pyridine rings is 1. The lowest BCUT2D eigenvalue weighted by molar-refractivity contribution is -0.152. The number of piperidine rings is 3. The first kappa shape index (κ1) is 16.8. The summed E-state index contributed by atoms with van der Waals surface area (Å²) in [6.45, 7) is 2.18. The molecular weight excluding hydrogens is 338 g/mol. The first-order valence-electron chi connectivity index (χ1n) is 9.87. The van der Waals surface area contributed by atoms with Gasteiger partial charge in [-0.05, 0) is 61.5 Å². The number of hydrogen-bond acceptors (Lipinski definition) is 4. The van der Waals surface area contributed by atoms with E-state index in [1.807, 2.05) is 30.5 Å². The summed E-state index contributed by atoms with van der Waals surface area (Å²) in [5.41, 5.74) is 7.39. The molecule has 140 valence electrons. The van der Waals surface area contributed by atoms with Gasteiger partial charge < -0.3 is 10.5 Å². The van der Waals surface area contributed by atoms with Crippen molar-refractivity contribution in [1.29, 1.82) is 0 Å². The maximum absolute atomic E-state index is 12.8. The van der Waals surface area contributed by atoms with Gasteiger partial charge in [-0.1, -0.05) is 24.3 Å². The molecular formula is C22H25N3O2. The second-order valence-corrected chi connectivity index (χ2v) is 8.17. The van der Waals surface area contributed by atoms with Gasteiger partial charge in [0.25, 0.3) is 5.91 Å². The zero-order valence-electron chi connectivity index (χ0n) is 15.4. The number of fused-ring (bicyclic) bond motifs is 4. The fraction of sp³-hybridized carbons (Fsp3) is 0.455. The van der Waals surface area contributed by atoms with Gasteiger partial charge in [-0.2, -0.15) is 0 Å². The summed E-state index contributed by atoms with van der Waals surface area (Å²) in [5.74, 6) is 1.06. The summed E-state index contributed by atoms with van der Waals surface area (Å²) in [5, 5.41) is 0. The van der Waals surface area contributed by atoms with E-state index in [9.17, 15) is 4.79 Å². The standard InChI is InChI=1S/C22H25N3O2/c23-21(26)22(13-17-5-1-2-6-19(17)27-22)20-16-7-10-25(11-8-16)18(20)12-15-4-3-9-24-14-15/h1-6,9,14,16,18,20H,7-8,10-13H2,(H2,23,26). The highest BCUT2D eigenvalue weighted by molar-refractivity contribution is 5.86. The Hall–Kier alpha value is -2.40. The molecule has 3 atom stereocenters. The number of ether oxygens (including phenoxy) is 1. The Kier molecular flexibility index (Phi) is 3.93. The van der Waals surface area contributed by atoms with Crippen LogP contribution in [-0.2, 0) is 17.6 Å². The van der Waals surface area contributed by atoms with Crippen molar-refractivity contribution in [2.45, 2.75) is 37.3 Å². The fourth-order valence-electron chi connectivity index (χ4n) is 5.61. The topological polar surface area (TPSA) is 68.5 Å². The van der Waals surface area contributed by atoms with Crippen molar-refractivity contribution in [1.82, 2.24) is 9.88 Å². The number of hydrogen-bond donors (Lipinski definition) is 1. The van der Waals surface area contributed by atoms with Gasteiger partial charge in [-0.25, -0.2) is 0 Å². The molecule has 0 radical (unpaired) electrons. The number of nitrogens with two attached hydrogens (primary N) is 1. The number of para-hydroxylation sites is 1. The van der Waals surface area contributed by atoms with Crippen molar-refractivity contribution in [3.8, 4) is 5.75 Å². The second kappa shape index (κ2) is 6.34. The molecule has 2 bridgehead atoms. The third kappa shape index (κ3) is 2.64. The van der Waals surface area contributed by atoms with Gasteiger partial charge in [0.2, 0.25) is 0 Å². The van der Waals surface area contributed by atoms with Crippen molar-refractivity contribution < 1.29 is 9.53 Å². The number of benzene rings is 1. The number of aromatic nitrogens is 1. The maximum atomic E-state index is 12.8. The maximum Gasteiger partial charge on any atom is 0.262 e. The Morgan fingerprint density at radius 2 is 2.04 bits per heavy atom. The molecule has 27 heavy (non-hydrogen) atoms. The highest BCUT2D eigenvalue weighted by Gasteiger charge is 2.59. The highest BCUT2D eigenvalue weighted by Crippen LogP contribution is 2.50. The molecule has 2 aromatic rings. The lowest BCUT2D eigenvalue weighted by atomic mass is 9.63. The van der Waals surface area contributed by atoms with E-state index in [-0.39, 0.29) is 17.9 Å². The molecule has 4 aliphatic rings. The van der Waals surface area contributed by atoms with Crippen molar-refractivity contribution in [3.63, 3.8) is 0 Å². The third-order valence-corrected chi connectivity index (χ3v) is 6.81. The summed E-state index contributed by atoms with van der Waals surface area (Å²) < 4.78 is 6.40. The molecule has 5 heteroatoms. The van der Waals surface area contributed by atoms with E-state index in [2.05, 4.69) is 22.0 Å². The zero-order chi connectivity index (χ0) is 18.4. The lowest BCUT2D eigenvalue weighted by Crippen LogP contribution is -2.67. The molecule has 0 saturated carbocycles. The van der Waals surface area contributed by atoms with Crippen LogP contribution in [0, 0.1) is 11.8 Å². The van der Waals surface area contributed by atoms with E-state index in [0.717, 1.165) is 43.7 Å². The van der Waals surface area contributed by atoms with Gasteiger partial charge in [-0.3, -0.25) is 14.7 Å². The quantitative estimate of drug-likeness (QED) is 0.904. The average Bonchev–Trinajstić information content (AvgIpc) is 3.10. The molecule has 1 aromatic heterocycles. The van der Waals surface area contributed by atoms with Crippen LogP contribution in [0.1, 0.15) is 24.0 Å². The molecule has 0 spiro atoms. The Balaban J connectivity index is 1.54. The highest BCUT2D eigenvalue weighted by atomic mass is 16.5. The van der Waals surface area contributed by atoms with Gasteiger partial charge in [0, 0.05) is 30.8 Å². The number of primary amides is 1. The van der Waals surface area contributed by atoms with Gasteiger partial charge >= 0.3 is 0 Å². The third-order valence-electron chi connectivity index (χ3n) is 6.81. The smallest absolute Gasteiger partial charge is 0.262 e. The molecule has 1 aromatic carbocycles. The number of rotatable bonds is 4. The number of carbonyl (C=O) groups excluding carboxylic acids is 1. The monoisotopic (exact) mass is 363 g/mol. The average molecular weight is 363 g/mol. The van der Waals surface area contributed by atoms with Crippen LogP contribution in [0.5, 0.6) is 5.75 Å². The molecule has 3 saturated heterocycles. The Morgan fingerprint density at radius 1 is 1.22 bits per heavy atom. The van der Waals surface area contributed by atoms with Crippen LogP contribution in [0.15, 0.2) is 48.8 Å². The van der Waals surface area contributed by atoms with Crippen LogP contribution < -0.4 is 10.5 Å². The van der Waals surface area contributed by atoms with E-state index < -0.39 is 5.60 Å². The molecule has 6 rings (SSSR count). The van der Waals surface area contributed by atoms with E-state index in [0.29, 0.717) is 12.3 Å². The summed E-state index contributed by atoms with van der Waals surface area (Å²) in [6.07, 6.45) is 7.42. The molecule has 2 N–H and O–H groups in total. The van der Waals surface area contributed by atoms with Crippen LogP contribution in [0.25, 0.3) is 0 Å². The minimum Gasteiger partial charge on any atom is -0.476 e. The van der Waals surface area contributed by atoms with Crippen LogP contribution in [-0.4, -0.2) is 40.5 Å². The molecule has 3 fully saturated rings. The normalized spacial score (nSPS) is 34.1. The molecule has 4 aliphatic heterocycles. The Morgan fingerprint density at radius 3 is 2.74 bits per heavy atom. The van der Waals surface area contributed by atoms with Crippen LogP contribution in [0.4, 0.5) is 0 Å². The summed E-state index contributed by atoms with van der Waals surface area (Å²) in [4.78, 5) is 19.6. The zero-order valence-corrected chi connectivity index (χ0v) is 15.4. The Bertz CT molecular complexity index is 821. The lowest BCUT2D eigenvalue weighted by Gasteiger charge is -2.55. The SMILES string of the molecule is NC(=O)C1(C2C3CCN(CC3)C2Cc2cccnc2)Cc2ccccc2O1. The minimum atomic E-state index is -0.944. The van der Waals surface area contributed by atoms with Gasteiger partial charge in [0.05, 0.1) is 0 Å². The molecule has 5 nitrogen and oxygen atoms in total. The second-order valence-electron chi connectivity index (χ2n) is 8.17. The van der Waals surface area contributed by atoms with Crippen molar-refractivity contribution in [2.75, 3.05) is 13.1 Å². The van der Waals surface area contributed by atoms with Crippen LogP contribution >= 0.6 is 0 Å².